The molecule has 3 aromatic rings. The molecule has 1 aromatic heterocycles. The quantitative estimate of drug-likeness (QED) is 0.731. The van der Waals surface area contributed by atoms with Crippen LogP contribution in [-0.2, 0) is 18.4 Å². The molecule has 1 N–H and O–H groups in total. The maximum atomic E-state index is 11.6. The van der Waals surface area contributed by atoms with E-state index in [1.165, 1.54) is 5.56 Å². The Hall–Kier alpha value is -2.16. The molecule has 0 fully saturated rings. The molecule has 1 heterocycles. The van der Waals surface area contributed by atoms with Crippen LogP contribution in [0, 0.1) is 0 Å². The molecular weight excluding hydrogens is 306 g/mol. The average molecular weight is 322 g/mol. The molecule has 1 aliphatic rings. The first kappa shape index (κ1) is 14.4. The van der Waals surface area contributed by atoms with Gasteiger partial charge in [0.2, 0.25) is 0 Å². The Morgan fingerprint density at radius 2 is 1.70 bits per heavy atom. The first-order valence-corrected chi connectivity index (χ1v) is 8.03. The molecule has 3 heteroatoms. The summed E-state index contributed by atoms with van der Waals surface area (Å²) in [6, 6.07) is 17.8. The van der Waals surface area contributed by atoms with Gasteiger partial charge in [-0.3, -0.25) is 4.98 Å². The number of benzene rings is 2. The fraction of sp³-hybridized carbons (Fsp3) is 0.150. The van der Waals surface area contributed by atoms with E-state index >= 15 is 0 Å². The van der Waals surface area contributed by atoms with E-state index in [0.29, 0.717) is 11.4 Å². The number of aromatic nitrogens is 1. The van der Waals surface area contributed by atoms with Gasteiger partial charge < -0.3 is 5.11 Å². The lowest BCUT2D eigenvalue weighted by atomic mass is 9.81. The number of aliphatic hydroxyl groups is 1. The Bertz CT molecular complexity index is 863. The van der Waals surface area contributed by atoms with Gasteiger partial charge in [0.05, 0.1) is 0 Å². The van der Waals surface area contributed by atoms with E-state index < -0.39 is 5.60 Å². The number of halogens is 1. The molecule has 4 rings (SSSR count). The zero-order valence-electron chi connectivity index (χ0n) is 12.5. The van der Waals surface area contributed by atoms with E-state index in [1.54, 1.807) is 12.4 Å². The highest BCUT2D eigenvalue weighted by atomic mass is 35.5. The van der Waals surface area contributed by atoms with Crippen LogP contribution in [-0.4, -0.2) is 10.1 Å². The molecule has 23 heavy (non-hydrogen) atoms. The second kappa shape index (κ2) is 5.48. The summed E-state index contributed by atoms with van der Waals surface area (Å²) in [5, 5.41) is 12.3. The van der Waals surface area contributed by atoms with Crippen molar-refractivity contribution in [2.45, 2.75) is 18.4 Å². The Labute approximate surface area is 140 Å². The SMILES string of the molecule is O[C@]1(c2ccncc2)Cc2cc(Cl)ccc2Cc2ccccc21. The number of fused-ring (bicyclic) bond motifs is 2. The lowest BCUT2D eigenvalue weighted by Gasteiger charge is -2.30. The average Bonchev–Trinajstić information content (AvgIpc) is 2.70. The molecule has 0 saturated carbocycles. The summed E-state index contributed by atoms with van der Waals surface area (Å²) in [4.78, 5) is 4.08. The third-order valence-corrected chi connectivity index (χ3v) is 4.85. The second-order valence-corrected chi connectivity index (χ2v) is 6.46. The molecule has 0 unspecified atom stereocenters. The lowest BCUT2D eigenvalue weighted by molar-refractivity contribution is 0.0812. The van der Waals surface area contributed by atoms with E-state index in [1.807, 2.05) is 42.5 Å². The van der Waals surface area contributed by atoms with Crippen molar-refractivity contribution in [2.24, 2.45) is 0 Å². The van der Waals surface area contributed by atoms with Crippen molar-refractivity contribution in [3.05, 3.63) is 99.8 Å². The van der Waals surface area contributed by atoms with Crippen LogP contribution in [0.1, 0.15) is 27.8 Å². The summed E-state index contributed by atoms with van der Waals surface area (Å²) in [5.74, 6) is 0. The van der Waals surface area contributed by atoms with Crippen molar-refractivity contribution >= 4 is 11.6 Å². The zero-order chi connectivity index (χ0) is 15.9. The topological polar surface area (TPSA) is 33.1 Å². The van der Waals surface area contributed by atoms with Gasteiger partial charge in [-0.2, -0.15) is 0 Å². The van der Waals surface area contributed by atoms with Crippen LogP contribution in [0.25, 0.3) is 0 Å². The first-order chi connectivity index (χ1) is 11.2. The maximum Gasteiger partial charge on any atom is 0.119 e. The normalized spacial score (nSPS) is 19.6. The predicted molar refractivity (Wildman–Crippen MR) is 91.6 cm³/mol. The molecular formula is C20H16ClNO. The van der Waals surface area contributed by atoms with Gasteiger partial charge >= 0.3 is 0 Å². The summed E-state index contributed by atoms with van der Waals surface area (Å²) in [6.45, 7) is 0. The molecule has 0 spiro atoms. The summed E-state index contributed by atoms with van der Waals surface area (Å²) in [6.07, 6.45) is 4.75. The Morgan fingerprint density at radius 1 is 0.913 bits per heavy atom. The third kappa shape index (κ3) is 2.44. The number of rotatable bonds is 1. The van der Waals surface area contributed by atoms with E-state index in [2.05, 4.69) is 17.1 Å². The number of hydrogen-bond donors (Lipinski definition) is 1. The molecule has 1 aliphatic carbocycles. The lowest BCUT2D eigenvalue weighted by Crippen LogP contribution is -2.30. The predicted octanol–water partition coefficient (Wildman–Crippen LogP) is 4.12. The minimum absolute atomic E-state index is 0.504. The van der Waals surface area contributed by atoms with Crippen molar-refractivity contribution in [3.63, 3.8) is 0 Å². The minimum atomic E-state index is -1.07. The molecule has 1 atom stereocenters. The first-order valence-electron chi connectivity index (χ1n) is 7.65. The fourth-order valence-electron chi connectivity index (χ4n) is 3.47. The number of nitrogens with zero attached hydrogens (tertiary/aromatic N) is 1. The summed E-state index contributed by atoms with van der Waals surface area (Å²) in [7, 11) is 0. The van der Waals surface area contributed by atoms with E-state index in [0.717, 1.165) is 28.7 Å². The monoisotopic (exact) mass is 321 g/mol. The van der Waals surface area contributed by atoms with Crippen molar-refractivity contribution in [1.82, 2.24) is 4.98 Å². The molecule has 2 nitrogen and oxygen atoms in total. The van der Waals surface area contributed by atoms with E-state index in [9.17, 15) is 5.11 Å². The third-order valence-electron chi connectivity index (χ3n) is 4.62. The van der Waals surface area contributed by atoms with Crippen LogP contribution in [0.15, 0.2) is 67.0 Å². The van der Waals surface area contributed by atoms with Crippen molar-refractivity contribution in [2.75, 3.05) is 0 Å². The van der Waals surface area contributed by atoms with Crippen molar-refractivity contribution in [1.29, 1.82) is 0 Å². The molecule has 2 aromatic carbocycles. The van der Waals surface area contributed by atoms with Gasteiger partial charge in [-0.15, -0.1) is 0 Å². The van der Waals surface area contributed by atoms with Gasteiger partial charge in [-0.1, -0.05) is 41.9 Å². The highest BCUT2D eigenvalue weighted by molar-refractivity contribution is 6.30. The highest BCUT2D eigenvalue weighted by Crippen LogP contribution is 2.40. The Morgan fingerprint density at radius 3 is 2.52 bits per heavy atom. The van der Waals surface area contributed by atoms with Crippen LogP contribution < -0.4 is 0 Å². The van der Waals surface area contributed by atoms with Crippen LogP contribution >= 0.6 is 11.6 Å². The summed E-state index contributed by atoms with van der Waals surface area (Å²) < 4.78 is 0. The fourth-order valence-corrected chi connectivity index (χ4v) is 3.67. The van der Waals surface area contributed by atoms with Gasteiger partial charge in [0, 0.05) is 23.8 Å². The summed E-state index contributed by atoms with van der Waals surface area (Å²) in [5.41, 5.74) is 4.19. The molecule has 0 radical (unpaired) electrons. The van der Waals surface area contributed by atoms with Crippen LogP contribution in [0.4, 0.5) is 0 Å². The van der Waals surface area contributed by atoms with Crippen LogP contribution in [0.2, 0.25) is 5.02 Å². The summed E-state index contributed by atoms with van der Waals surface area (Å²) >= 11 is 6.19. The molecule has 0 bridgehead atoms. The van der Waals surface area contributed by atoms with E-state index in [-0.39, 0.29) is 0 Å². The number of hydrogen-bond acceptors (Lipinski definition) is 2. The van der Waals surface area contributed by atoms with Crippen LogP contribution in [0.3, 0.4) is 0 Å². The van der Waals surface area contributed by atoms with Gasteiger partial charge in [0.1, 0.15) is 5.60 Å². The molecule has 0 aliphatic heterocycles. The van der Waals surface area contributed by atoms with Crippen molar-refractivity contribution < 1.29 is 5.11 Å². The Kier molecular flexibility index (Phi) is 3.44. The largest absolute Gasteiger partial charge is 0.380 e. The molecule has 0 saturated heterocycles. The van der Waals surface area contributed by atoms with Crippen molar-refractivity contribution in [3.8, 4) is 0 Å². The second-order valence-electron chi connectivity index (χ2n) is 6.02. The minimum Gasteiger partial charge on any atom is -0.380 e. The smallest absolute Gasteiger partial charge is 0.119 e. The van der Waals surface area contributed by atoms with Gasteiger partial charge in [-0.05, 0) is 58.5 Å². The highest BCUT2D eigenvalue weighted by Gasteiger charge is 2.36. The van der Waals surface area contributed by atoms with Crippen LogP contribution in [0.5, 0.6) is 0 Å². The standard InChI is InChI=1S/C20H16ClNO/c21-18-6-5-14-11-15-3-1-2-4-19(15)20(23,13-16(14)12-18)17-7-9-22-10-8-17/h1-10,12,23H,11,13H2/t20-/m0/s1. The zero-order valence-corrected chi connectivity index (χ0v) is 13.3. The molecule has 0 amide bonds. The van der Waals surface area contributed by atoms with Gasteiger partial charge in [0.25, 0.3) is 0 Å². The molecule has 114 valence electrons. The maximum absolute atomic E-state index is 11.6. The van der Waals surface area contributed by atoms with E-state index in [4.69, 9.17) is 11.6 Å². The Balaban J connectivity index is 1.98. The van der Waals surface area contributed by atoms with Gasteiger partial charge in [0.15, 0.2) is 0 Å². The number of pyridine rings is 1. The van der Waals surface area contributed by atoms with Gasteiger partial charge in [-0.25, -0.2) is 0 Å².